The number of sulfonamides is 1. The number of rotatable bonds is 5. The average molecular weight is 468 g/mol. The number of carbonyl (C=O) groups excluding carboxylic acids is 2. The molecule has 1 atom stereocenters. The van der Waals surface area contributed by atoms with Gasteiger partial charge in [0.25, 0.3) is 11.5 Å². The highest BCUT2D eigenvalue weighted by atomic mass is 32.2. The van der Waals surface area contributed by atoms with Gasteiger partial charge in [0.15, 0.2) is 5.78 Å². The molecule has 0 spiro atoms. The molecule has 1 aliphatic carbocycles. The summed E-state index contributed by atoms with van der Waals surface area (Å²) in [7, 11) is -2.29. The van der Waals surface area contributed by atoms with E-state index in [1.807, 2.05) is 24.3 Å². The summed E-state index contributed by atoms with van der Waals surface area (Å²) in [6.07, 6.45) is 0.709. The molecule has 9 nitrogen and oxygen atoms in total. The zero-order valence-electron chi connectivity index (χ0n) is 17.6. The lowest BCUT2D eigenvalue weighted by atomic mass is 9.81. The highest BCUT2D eigenvalue weighted by molar-refractivity contribution is 7.89. The number of hydrogen-bond donors (Lipinski definition) is 3. The lowest BCUT2D eigenvalue weighted by Crippen LogP contribution is -2.29. The Kier molecular flexibility index (Phi) is 5.88. The molecule has 10 heteroatoms. The standard InChI is InChI=1S/C23H21N3O6S/c1-32-16-6-2-13(3-7-16)14-10-20-18(21(27)11-14)12-19(23(29)26-20)22(28)25-15-4-8-17(9-5-15)33(24,30)31/h2-9,12,14H,10-11H2,1H3,(H,25,28)(H,26,29)(H2,24,30,31). The minimum Gasteiger partial charge on any atom is -0.497 e. The number of benzene rings is 2. The molecule has 0 radical (unpaired) electrons. The molecule has 0 saturated heterocycles. The number of Topliss-reactive ketones (excluding diaryl/α,β-unsaturated/α-hetero) is 1. The summed E-state index contributed by atoms with van der Waals surface area (Å²) in [6, 6.07) is 13.9. The molecule has 4 N–H and O–H groups in total. The number of carbonyl (C=O) groups is 2. The molecule has 170 valence electrons. The number of ketones is 1. The van der Waals surface area contributed by atoms with Gasteiger partial charge in [-0.2, -0.15) is 0 Å². The molecule has 4 rings (SSSR count). The van der Waals surface area contributed by atoms with Crippen LogP contribution in [0.4, 0.5) is 5.69 Å². The molecule has 1 heterocycles. The number of pyridine rings is 1. The van der Waals surface area contributed by atoms with Gasteiger partial charge >= 0.3 is 0 Å². The first-order valence-electron chi connectivity index (χ1n) is 10.0. The van der Waals surface area contributed by atoms with Gasteiger partial charge in [0.05, 0.1) is 12.0 Å². The molecular weight excluding hydrogens is 446 g/mol. The second-order valence-electron chi connectivity index (χ2n) is 7.73. The quantitative estimate of drug-likeness (QED) is 0.524. The van der Waals surface area contributed by atoms with E-state index < -0.39 is 21.5 Å². The largest absolute Gasteiger partial charge is 0.497 e. The lowest BCUT2D eigenvalue weighted by Gasteiger charge is -2.24. The van der Waals surface area contributed by atoms with E-state index in [-0.39, 0.29) is 34.3 Å². The Bertz CT molecular complexity index is 1390. The van der Waals surface area contributed by atoms with Gasteiger partial charge in [0, 0.05) is 23.4 Å². The van der Waals surface area contributed by atoms with Gasteiger partial charge in [0.1, 0.15) is 11.3 Å². The van der Waals surface area contributed by atoms with Crippen LogP contribution >= 0.6 is 0 Å². The van der Waals surface area contributed by atoms with Gasteiger partial charge in [-0.25, -0.2) is 13.6 Å². The Hall–Kier alpha value is -3.76. The topological polar surface area (TPSA) is 148 Å². The number of H-pyrrole nitrogens is 1. The molecular formula is C23H21N3O6S. The van der Waals surface area contributed by atoms with E-state index >= 15 is 0 Å². The van der Waals surface area contributed by atoms with Crippen molar-refractivity contribution in [1.82, 2.24) is 4.98 Å². The Morgan fingerprint density at radius 2 is 1.73 bits per heavy atom. The summed E-state index contributed by atoms with van der Waals surface area (Å²) in [4.78, 5) is 40.7. The second-order valence-corrected chi connectivity index (χ2v) is 9.29. The van der Waals surface area contributed by atoms with E-state index in [1.165, 1.54) is 30.3 Å². The Balaban J connectivity index is 1.56. The number of nitrogens with two attached hydrogens (primary N) is 1. The first-order valence-corrected chi connectivity index (χ1v) is 11.6. The van der Waals surface area contributed by atoms with Crippen LogP contribution in [0, 0.1) is 0 Å². The fourth-order valence-electron chi connectivity index (χ4n) is 3.84. The second kappa shape index (κ2) is 8.64. The fraction of sp³-hybridized carbons (Fsp3) is 0.174. The number of aromatic nitrogens is 1. The number of aromatic amines is 1. The first kappa shape index (κ1) is 22.4. The smallest absolute Gasteiger partial charge is 0.261 e. The van der Waals surface area contributed by atoms with Crippen LogP contribution in [0.25, 0.3) is 0 Å². The molecule has 1 amide bonds. The number of primary sulfonamides is 1. The van der Waals surface area contributed by atoms with Crippen molar-refractivity contribution >= 4 is 27.4 Å². The molecule has 3 aromatic rings. The maximum Gasteiger partial charge on any atom is 0.261 e. The summed E-state index contributed by atoms with van der Waals surface area (Å²) in [5.74, 6) is -0.263. The maximum absolute atomic E-state index is 12.8. The zero-order chi connectivity index (χ0) is 23.8. The zero-order valence-corrected chi connectivity index (χ0v) is 18.4. The predicted molar refractivity (Wildman–Crippen MR) is 121 cm³/mol. The van der Waals surface area contributed by atoms with Gasteiger partial charge < -0.3 is 15.0 Å². The average Bonchev–Trinajstić information content (AvgIpc) is 2.78. The normalized spacial score (nSPS) is 15.6. The molecule has 1 aromatic heterocycles. The number of fused-ring (bicyclic) bond motifs is 1. The molecule has 2 aromatic carbocycles. The summed E-state index contributed by atoms with van der Waals surface area (Å²) in [5, 5.41) is 7.59. The number of amides is 1. The van der Waals surface area contributed by atoms with Crippen LogP contribution < -0.4 is 20.8 Å². The Morgan fingerprint density at radius 1 is 1.06 bits per heavy atom. The van der Waals surface area contributed by atoms with Crippen molar-refractivity contribution in [3.63, 3.8) is 0 Å². The van der Waals surface area contributed by atoms with E-state index in [9.17, 15) is 22.8 Å². The molecule has 1 aliphatic rings. The number of anilines is 1. The molecule has 0 fully saturated rings. The molecule has 33 heavy (non-hydrogen) atoms. The van der Waals surface area contributed by atoms with E-state index in [0.717, 1.165) is 5.56 Å². The Labute approximate surface area is 189 Å². The molecule has 0 saturated carbocycles. The van der Waals surface area contributed by atoms with Crippen LogP contribution in [-0.2, 0) is 16.4 Å². The third-order valence-corrected chi connectivity index (χ3v) is 6.51. The third kappa shape index (κ3) is 4.71. The van der Waals surface area contributed by atoms with Crippen LogP contribution in [0.15, 0.2) is 64.3 Å². The highest BCUT2D eigenvalue weighted by Gasteiger charge is 2.29. The number of hydrogen-bond acceptors (Lipinski definition) is 6. The van der Waals surface area contributed by atoms with Crippen molar-refractivity contribution in [2.75, 3.05) is 12.4 Å². The van der Waals surface area contributed by atoms with Gasteiger partial charge in [-0.15, -0.1) is 0 Å². The minimum atomic E-state index is -3.86. The summed E-state index contributed by atoms with van der Waals surface area (Å²) in [6.45, 7) is 0. The van der Waals surface area contributed by atoms with Gasteiger partial charge in [0.2, 0.25) is 10.0 Å². The van der Waals surface area contributed by atoms with Gasteiger partial charge in [-0.3, -0.25) is 14.4 Å². The van der Waals surface area contributed by atoms with E-state index in [4.69, 9.17) is 9.88 Å². The van der Waals surface area contributed by atoms with E-state index in [0.29, 0.717) is 23.4 Å². The van der Waals surface area contributed by atoms with Crippen molar-refractivity contribution in [1.29, 1.82) is 0 Å². The predicted octanol–water partition coefficient (Wildman–Crippen LogP) is 2.20. The maximum atomic E-state index is 12.8. The van der Waals surface area contributed by atoms with E-state index in [1.54, 1.807) is 7.11 Å². The van der Waals surface area contributed by atoms with Crippen LogP contribution in [0.2, 0.25) is 0 Å². The van der Waals surface area contributed by atoms with Crippen LogP contribution in [-0.4, -0.2) is 32.2 Å². The monoisotopic (exact) mass is 467 g/mol. The summed E-state index contributed by atoms with van der Waals surface area (Å²) >= 11 is 0. The first-order chi connectivity index (χ1) is 15.7. The summed E-state index contributed by atoms with van der Waals surface area (Å²) in [5.41, 5.74) is 1.21. The number of methoxy groups -OCH3 is 1. The minimum absolute atomic E-state index is 0.0939. The number of ether oxygens (including phenoxy) is 1. The van der Waals surface area contributed by atoms with Crippen molar-refractivity contribution < 1.29 is 22.7 Å². The van der Waals surface area contributed by atoms with Crippen LogP contribution in [0.3, 0.4) is 0 Å². The van der Waals surface area contributed by atoms with Crippen molar-refractivity contribution in [3.05, 3.63) is 87.3 Å². The summed E-state index contributed by atoms with van der Waals surface area (Å²) < 4.78 is 27.9. The van der Waals surface area contributed by atoms with Crippen LogP contribution in [0.5, 0.6) is 5.75 Å². The highest BCUT2D eigenvalue weighted by Crippen LogP contribution is 2.32. The van der Waals surface area contributed by atoms with Gasteiger partial charge in [-0.05, 0) is 60.4 Å². The fourth-order valence-corrected chi connectivity index (χ4v) is 4.35. The van der Waals surface area contributed by atoms with Crippen molar-refractivity contribution in [2.45, 2.75) is 23.7 Å². The molecule has 0 bridgehead atoms. The third-order valence-electron chi connectivity index (χ3n) is 5.58. The SMILES string of the molecule is COc1ccc(C2CC(=O)c3cc(C(=O)Nc4ccc(S(N)(=O)=O)cc4)c(=O)[nH]c3C2)cc1. The van der Waals surface area contributed by atoms with Crippen LogP contribution in [0.1, 0.15) is 44.3 Å². The van der Waals surface area contributed by atoms with Crippen molar-refractivity contribution in [3.8, 4) is 5.75 Å². The molecule has 0 aliphatic heterocycles. The van der Waals surface area contributed by atoms with E-state index in [2.05, 4.69) is 10.3 Å². The molecule has 1 unspecified atom stereocenters. The lowest BCUT2D eigenvalue weighted by molar-refractivity contribution is 0.0963. The van der Waals surface area contributed by atoms with Gasteiger partial charge in [-0.1, -0.05) is 12.1 Å². The van der Waals surface area contributed by atoms with Crippen molar-refractivity contribution in [2.24, 2.45) is 5.14 Å². The number of nitrogens with one attached hydrogen (secondary N) is 2. The Morgan fingerprint density at radius 3 is 2.33 bits per heavy atom.